The van der Waals surface area contributed by atoms with Gasteiger partial charge in [0.15, 0.2) is 5.96 Å². The molecule has 5 heteroatoms. The van der Waals surface area contributed by atoms with E-state index in [-0.39, 0.29) is 29.4 Å². The summed E-state index contributed by atoms with van der Waals surface area (Å²) < 4.78 is 1.12. The summed E-state index contributed by atoms with van der Waals surface area (Å²) in [7, 11) is 0. The molecule has 1 aromatic carbocycles. The van der Waals surface area contributed by atoms with Crippen molar-refractivity contribution >= 4 is 45.9 Å². The Hall–Kier alpha value is -0.300. The molecular formula is C14H21BrIN3. The smallest absolute Gasteiger partial charge is 0.191 e. The first-order valence-corrected chi connectivity index (χ1v) is 7.15. The summed E-state index contributed by atoms with van der Waals surface area (Å²) in [4.78, 5) is 4.43. The summed E-state index contributed by atoms with van der Waals surface area (Å²) in [6.45, 7) is 7.30. The topological polar surface area (TPSA) is 36.4 Å². The van der Waals surface area contributed by atoms with Gasteiger partial charge >= 0.3 is 0 Å². The van der Waals surface area contributed by atoms with Gasteiger partial charge in [-0.15, -0.1) is 24.0 Å². The molecule has 0 unspecified atom stereocenters. The molecule has 2 rings (SSSR count). The molecule has 1 aliphatic rings. The Balaban J connectivity index is 0.00000180. The van der Waals surface area contributed by atoms with E-state index in [9.17, 15) is 0 Å². The molecule has 0 aliphatic carbocycles. The molecule has 19 heavy (non-hydrogen) atoms. The zero-order valence-electron chi connectivity index (χ0n) is 11.4. The highest BCUT2D eigenvalue weighted by Crippen LogP contribution is 2.23. The second kappa shape index (κ2) is 7.47. The number of rotatable bonds is 3. The fourth-order valence-electron chi connectivity index (χ4n) is 1.96. The lowest BCUT2D eigenvalue weighted by Gasteiger charge is -2.27. The molecule has 1 aromatic rings. The molecule has 0 aromatic heterocycles. The van der Waals surface area contributed by atoms with Crippen molar-refractivity contribution in [2.24, 2.45) is 4.99 Å². The summed E-state index contributed by atoms with van der Waals surface area (Å²) in [6, 6.07) is 8.52. The third-order valence-corrected chi connectivity index (χ3v) is 3.75. The zero-order valence-corrected chi connectivity index (χ0v) is 15.3. The lowest BCUT2D eigenvalue weighted by atomic mass is 9.85. The van der Waals surface area contributed by atoms with Crippen LogP contribution in [0.1, 0.15) is 25.8 Å². The largest absolute Gasteiger partial charge is 0.356 e. The van der Waals surface area contributed by atoms with E-state index in [4.69, 9.17) is 0 Å². The van der Waals surface area contributed by atoms with Crippen molar-refractivity contribution < 1.29 is 0 Å². The van der Waals surface area contributed by atoms with Crippen LogP contribution in [0.25, 0.3) is 0 Å². The molecule has 0 atom stereocenters. The van der Waals surface area contributed by atoms with Gasteiger partial charge in [-0.3, -0.25) is 4.99 Å². The molecule has 0 radical (unpaired) electrons. The van der Waals surface area contributed by atoms with E-state index in [0.29, 0.717) is 0 Å². The van der Waals surface area contributed by atoms with Crippen molar-refractivity contribution in [3.8, 4) is 0 Å². The number of hydrogen-bond acceptors (Lipinski definition) is 3. The van der Waals surface area contributed by atoms with Crippen molar-refractivity contribution in [2.75, 3.05) is 19.6 Å². The Morgan fingerprint density at radius 2 is 2.00 bits per heavy atom. The highest BCUT2D eigenvalue weighted by atomic mass is 127. The normalized spacial score (nSPS) is 15.0. The molecule has 1 heterocycles. The van der Waals surface area contributed by atoms with Gasteiger partial charge in [0, 0.05) is 29.5 Å². The van der Waals surface area contributed by atoms with Gasteiger partial charge in [-0.25, -0.2) is 0 Å². The van der Waals surface area contributed by atoms with Crippen LogP contribution in [0, 0.1) is 0 Å². The average Bonchev–Trinajstić information content (AvgIpc) is 2.38. The van der Waals surface area contributed by atoms with Gasteiger partial charge < -0.3 is 10.6 Å². The number of guanidine groups is 1. The lowest BCUT2D eigenvalue weighted by Crippen LogP contribution is -2.45. The summed E-state index contributed by atoms with van der Waals surface area (Å²) in [5, 5.41) is 6.69. The van der Waals surface area contributed by atoms with Gasteiger partial charge in [0.25, 0.3) is 0 Å². The van der Waals surface area contributed by atoms with Gasteiger partial charge in [0.2, 0.25) is 0 Å². The molecule has 0 fully saturated rings. The average molecular weight is 438 g/mol. The first-order valence-electron chi connectivity index (χ1n) is 6.36. The maximum absolute atomic E-state index is 4.43. The second-order valence-electron chi connectivity index (χ2n) is 5.25. The second-order valence-corrected chi connectivity index (χ2v) is 6.17. The molecular weight excluding hydrogens is 417 g/mol. The maximum atomic E-state index is 4.43. The summed E-state index contributed by atoms with van der Waals surface area (Å²) in [5.74, 6) is 0.937. The van der Waals surface area contributed by atoms with Crippen LogP contribution in [-0.2, 0) is 5.41 Å². The van der Waals surface area contributed by atoms with E-state index < -0.39 is 0 Å². The maximum Gasteiger partial charge on any atom is 0.191 e. The molecule has 0 bridgehead atoms. The lowest BCUT2D eigenvalue weighted by molar-refractivity contribution is 0.506. The van der Waals surface area contributed by atoms with E-state index >= 15 is 0 Å². The summed E-state index contributed by atoms with van der Waals surface area (Å²) in [5.41, 5.74) is 1.41. The van der Waals surface area contributed by atoms with Gasteiger partial charge in [0.05, 0.1) is 0 Å². The minimum Gasteiger partial charge on any atom is -0.356 e. The van der Waals surface area contributed by atoms with Gasteiger partial charge in [-0.1, -0.05) is 41.9 Å². The van der Waals surface area contributed by atoms with E-state index in [0.717, 1.165) is 36.5 Å². The predicted octanol–water partition coefficient (Wildman–Crippen LogP) is 3.28. The van der Waals surface area contributed by atoms with Crippen molar-refractivity contribution in [1.29, 1.82) is 0 Å². The van der Waals surface area contributed by atoms with Crippen molar-refractivity contribution in [1.82, 2.24) is 10.6 Å². The van der Waals surface area contributed by atoms with Crippen molar-refractivity contribution in [3.05, 3.63) is 34.3 Å². The van der Waals surface area contributed by atoms with E-state index in [1.54, 1.807) is 0 Å². The van der Waals surface area contributed by atoms with Crippen molar-refractivity contribution in [3.63, 3.8) is 0 Å². The van der Waals surface area contributed by atoms with Crippen LogP contribution in [-0.4, -0.2) is 25.6 Å². The monoisotopic (exact) mass is 437 g/mol. The first kappa shape index (κ1) is 16.8. The van der Waals surface area contributed by atoms with Gasteiger partial charge in [-0.2, -0.15) is 0 Å². The highest BCUT2D eigenvalue weighted by molar-refractivity contribution is 14.0. The number of benzene rings is 1. The van der Waals surface area contributed by atoms with Crippen LogP contribution in [0.15, 0.2) is 33.7 Å². The molecule has 0 saturated heterocycles. The molecule has 1 aliphatic heterocycles. The number of nitrogens with one attached hydrogen (secondary N) is 2. The van der Waals surface area contributed by atoms with Gasteiger partial charge in [-0.05, 0) is 24.1 Å². The highest BCUT2D eigenvalue weighted by Gasteiger charge is 2.21. The third kappa shape index (κ3) is 4.95. The molecule has 0 saturated carbocycles. The quantitative estimate of drug-likeness (QED) is 0.712. The number of halogens is 2. The Morgan fingerprint density at radius 3 is 2.58 bits per heavy atom. The van der Waals surface area contributed by atoms with E-state index in [1.807, 2.05) is 0 Å². The molecule has 106 valence electrons. The van der Waals surface area contributed by atoms with Crippen LogP contribution >= 0.6 is 39.9 Å². The minimum absolute atomic E-state index is 0. The van der Waals surface area contributed by atoms with Crippen LogP contribution < -0.4 is 10.6 Å². The van der Waals surface area contributed by atoms with Crippen LogP contribution in [0.2, 0.25) is 0 Å². The van der Waals surface area contributed by atoms with Crippen LogP contribution in [0.4, 0.5) is 0 Å². The van der Waals surface area contributed by atoms with E-state index in [1.165, 1.54) is 5.56 Å². The minimum atomic E-state index is 0. The van der Waals surface area contributed by atoms with Crippen molar-refractivity contribution in [2.45, 2.75) is 25.7 Å². The van der Waals surface area contributed by atoms with E-state index in [2.05, 4.69) is 69.7 Å². The Kier molecular flexibility index (Phi) is 6.59. The number of aliphatic imine (C=N–C) groups is 1. The fourth-order valence-corrected chi connectivity index (χ4v) is 2.22. The summed E-state index contributed by atoms with van der Waals surface area (Å²) >= 11 is 3.47. The molecule has 2 N–H and O–H groups in total. The first-order chi connectivity index (χ1) is 8.58. The Morgan fingerprint density at radius 1 is 1.32 bits per heavy atom. The SMILES string of the molecule is CC(C)(CNC1=NCCCN1)c1ccc(Br)cc1.I. The molecule has 0 spiro atoms. The molecule has 0 amide bonds. The number of nitrogens with zero attached hydrogens (tertiary/aromatic N) is 1. The van der Waals surface area contributed by atoms with Crippen LogP contribution in [0.5, 0.6) is 0 Å². The predicted molar refractivity (Wildman–Crippen MR) is 95.5 cm³/mol. The standard InChI is InChI=1S/C14H20BrN3.HI/c1-14(2,11-4-6-12(15)7-5-11)10-18-13-16-8-3-9-17-13;/h4-7H,3,8-10H2,1-2H3,(H2,16,17,18);1H. The fraction of sp³-hybridized carbons (Fsp3) is 0.500. The molecule has 3 nitrogen and oxygen atoms in total. The summed E-state index contributed by atoms with van der Waals surface area (Å²) in [6.07, 6.45) is 1.13. The Bertz CT molecular complexity index is 429. The Labute approximate surface area is 140 Å². The number of hydrogen-bond donors (Lipinski definition) is 2. The van der Waals surface area contributed by atoms with Crippen LogP contribution in [0.3, 0.4) is 0 Å². The van der Waals surface area contributed by atoms with Gasteiger partial charge in [0.1, 0.15) is 0 Å². The third-order valence-electron chi connectivity index (χ3n) is 3.22. The zero-order chi connectivity index (χ0) is 13.0.